The molecule has 126 valence electrons. The summed E-state index contributed by atoms with van der Waals surface area (Å²) in [5.74, 6) is -0.456. The third-order valence-corrected chi connectivity index (χ3v) is 6.34. The first-order valence-corrected chi connectivity index (χ1v) is 9.18. The fourth-order valence-electron chi connectivity index (χ4n) is 3.71. The maximum atomic E-state index is 12.4. The molecule has 1 aliphatic carbocycles. The van der Waals surface area contributed by atoms with Gasteiger partial charge in [0.15, 0.2) is 5.79 Å². The van der Waals surface area contributed by atoms with Crippen molar-refractivity contribution >= 4 is 17.2 Å². The summed E-state index contributed by atoms with van der Waals surface area (Å²) in [4.78, 5) is 19.3. The summed E-state index contributed by atoms with van der Waals surface area (Å²) in [6.07, 6.45) is 6.20. The normalized spacial score (nSPS) is 26.0. The molecule has 7 heteroatoms. The lowest BCUT2D eigenvalue weighted by Gasteiger charge is -2.39. The van der Waals surface area contributed by atoms with E-state index in [1.807, 2.05) is 4.90 Å². The van der Waals surface area contributed by atoms with Gasteiger partial charge in [-0.2, -0.15) is 0 Å². The summed E-state index contributed by atoms with van der Waals surface area (Å²) >= 11 is 1.33. The molecule has 23 heavy (non-hydrogen) atoms. The minimum atomic E-state index is -0.964. The highest BCUT2D eigenvalue weighted by atomic mass is 32.1. The van der Waals surface area contributed by atoms with Crippen molar-refractivity contribution in [2.75, 3.05) is 26.3 Å². The van der Waals surface area contributed by atoms with E-state index >= 15 is 0 Å². The van der Waals surface area contributed by atoms with Crippen LogP contribution < -0.4 is 0 Å². The first kappa shape index (κ1) is 15.5. The van der Waals surface area contributed by atoms with Crippen LogP contribution in [0.15, 0.2) is 6.20 Å². The molecule has 2 saturated heterocycles. The molecule has 0 atom stereocenters. The van der Waals surface area contributed by atoms with E-state index in [4.69, 9.17) is 9.47 Å². The van der Waals surface area contributed by atoms with E-state index in [0.29, 0.717) is 48.8 Å². The Labute approximate surface area is 139 Å². The summed E-state index contributed by atoms with van der Waals surface area (Å²) in [6, 6.07) is 0. The second-order valence-electron chi connectivity index (χ2n) is 6.67. The van der Waals surface area contributed by atoms with E-state index in [1.54, 1.807) is 6.20 Å². The average Bonchev–Trinajstić information content (AvgIpc) is 3.32. The summed E-state index contributed by atoms with van der Waals surface area (Å²) in [7, 11) is 0. The number of aromatic nitrogens is 1. The van der Waals surface area contributed by atoms with Crippen molar-refractivity contribution in [3.8, 4) is 0 Å². The molecule has 1 amide bonds. The van der Waals surface area contributed by atoms with Gasteiger partial charge in [0.05, 0.1) is 19.4 Å². The molecule has 1 N–H and O–H groups in total. The van der Waals surface area contributed by atoms with Crippen LogP contribution in [-0.4, -0.2) is 53.0 Å². The van der Waals surface area contributed by atoms with Crippen LogP contribution in [0, 0.1) is 0 Å². The Morgan fingerprint density at radius 1 is 1.17 bits per heavy atom. The quantitative estimate of drug-likeness (QED) is 0.891. The van der Waals surface area contributed by atoms with Crippen molar-refractivity contribution in [2.24, 2.45) is 0 Å². The SMILES string of the molecule is O=C(c1cnc(C2(O)CCC3(CC2)OCCO3)s1)N1CCCC1. The van der Waals surface area contributed by atoms with E-state index in [1.165, 1.54) is 11.3 Å². The van der Waals surface area contributed by atoms with Gasteiger partial charge in [-0.1, -0.05) is 0 Å². The number of likely N-dealkylation sites (tertiary alicyclic amines) is 1. The minimum Gasteiger partial charge on any atom is -0.383 e. The molecule has 3 heterocycles. The number of nitrogens with zero attached hydrogens (tertiary/aromatic N) is 2. The Balaban J connectivity index is 1.47. The van der Waals surface area contributed by atoms with E-state index < -0.39 is 11.4 Å². The third-order valence-electron chi connectivity index (χ3n) is 5.16. The number of ether oxygens (including phenoxy) is 2. The zero-order valence-corrected chi connectivity index (χ0v) is 13.9. The molecule has 0 radical (unpaired) electrons. The number of thiazole rings is 1. The summed E-state index contributed by atoms with van der Waals surface area (Å²) < 4.78 is 11.4. The van der Waals surface area contributed by atoms with Crippen LogP contribution in [0.1, 0.15) is 53.2 Å². The highest BCUT2D eigenvalue weighted by molar-refractivity contribution is 7.13. The van der Waals surface area contributed by atoms with Gasteiger partial charge in [-0.25, -0.2) is 4.98 Å². The first-order chi connectivity index (χ1) is 11.1. The van der Waals surface area contributed by atoms with Gasteiger partial charge in [0.25, 0.3) is 5.91 Å². The third kappa shape index (κ3) is 2.80. The summed E-state index contributed by atoms with van der Waals surface area (Å²) in [5, 5.41) is 11.6. The smallest absolute Gasteiger partial charge is 0.265 e. The molecule has 6 nitrogen and oxygen atoms in total. The van der Waals surface area contributed by atoms with E-state index in [9.17, 15) is 9.90 Å². The Hall–Kier alpha value is -1.02. The van der Waals surface area contributed by atoms with Crippen LogP contribution in [0.5, 0.6) is 0 Å². The van der Waals surface area contributed by atoms with Crippen LogP contribution in [0.4, 0.5) is 0 Å². The van der Waals surface area contributed by atoms with E-state index in [-0.39, 0.29) is 5.91 Å². The average molecular weight is 338 g/mol. The zero-order chi connectivity index (χ0) is 15.9. The van der Waals surface area contributed by atoms with Gasteiger partial charge in [-0.05, 0) is 25.7 Å². The molecule has 0 bridgehead atoms. The van der Waals surface area contributed by atoms with Gasteiger partial charge in [0.1, 0.15) is 15.5 Å². The van der Waals surface area contributed by atoms with Gasteiger partial charge in [-0.15, -0.1) is 11.3 Å². The van der Waals surface area contributed by atoms with E-state index in [2.05, 4.69) is 4.98 Å². The predicted octanol–water partition coefficient (Wildman–Crippen LogP) is 1.88. The predicted molar refractivity (Wildman–Crippen MR) is 84.3 cm³/mol. The number of amides is 1. The largest absolute Gasteiger partial charge is 0.383 e. The standard InChI is InChI=1S/C16H22N2O4S/c19-13(18-7-1-2-8-18)12-11-17-14(23-12)15(20)3-5-16(6-4-15)21-9-10-22-16/h11,20H,1-10H2. The van der Waals surface area contributed by atoms with Gasteiger partial charge < -0.3 is 19.5 Å². The number of hydrogen-bond acceptors (Lipinski definition) is 6. The molecule has 1 spiro atoms. The number of aliphatic hydroxyl groups is 1. The molecule has 3 aliphatic rings. The van der Waals surface area contributed by atoms with Crippen molar-refractivity contribution in [1.29, 1.82) is 0 Å². The lowest BCUT2D eigenvalue weighted by atomic mass is 9.82. The zero-order valence-electron chi connectivity index (χ0n) is 13.1. The van der Waals surface area contributed by atoms with E-state index in [0.717, 1.165) is 25.9 Å². The van der Waals surface area contributed by atoms with Crippen LogP contribution in [0.2, 0.25) is 0 Å². The van der Waals surface area contributed by atoms with Crippen LogP contribution in [-0.2, 0) is 15.1 Å². The number of carbonyl (C=O) groups is 1. The maximum Gasteiger partial charge on any atom is 0.265 e. The number of carbonyl (C=O) groups excluding carboxylic acids is 1. The van der Waals surface area contributed by atoms with Crippen LogP contribution in [0.25, 0.3) is 0 Å². The Morgan fingerprint density at radius 3 is 2.48 bits per heavy atom. The molecule has 1 aromatic rings. The molecule has 1 aromatic heterocycles. The molecule has 1 saturated carbocycles. The monoisotopic (exact) mass is 338 g/mol. The van der Waals surface area contributed by atoms with Crippen molar-refractivity contribution in [1.82, 2.24) is 9.88 Å². The molecule has 2 aliphatic heterocycles. The van der Waals surface area contributed by atoms with Gasteiger partial charge in [0.2, 0.25) is 0 Å². The highest BCUT2D eigenvalue weighted by Crippen LogP contribution is 2.45. The second-order valence-corrected chi connectivity index (χ2v) is 7.70. The minimum absolute atomic E-state index is 0.0459. The summed E-state index contributed by atoms with van der Waals surface area (Å²) in [6.45, 7) is 2.91. The number of hydrogen-bond donors (Lipinski definition) is 1. The van der Waals surface area contributed by atoms with Crippen molar-refractivity contribution in [3.63, 3.8) is 0 Å². The first-order valence-electron chi connectivity index (χ1n) is 8.36. The lowest BCUT2D eigenvalue weighted by molar-refractivity contribution is -0.204. The van der Waals surface area contributed by atoms with Crippen molar-refractivity contribution < 1.29 is 19.4 Å². The second kappa shape index (κ2) is 5.81. The fourth-order valence-corrected chi connectivity index (χ4v) is 4.74. The van der Waals surface area contributed by atoms with Gasteiger partial charge in [-0.3, -0.25) is 4.79 Å². The van der Waals surface area contributed by atoms with Crippen LogP contribution >= 0.6 is 11.3 Å². The van der Waals surface area contributed by atoms with Crippen molar-refractivity contribution in [2.45, 2.75) is 49.9 Å². The topological polar surface area (TPSA) is 71.9 Å². The molecule has 4 rings (SSSR count). The lowest BCUT2D eigenvalue weighted by Crippen LogP contribution is -2.42. The highest BCUT2D eigenvalue weighted by Gasteiger charge is 2.47. The summed E-state index contributed by atoms with van der Waals surface area (Å²) in [5.41, 5.74) is -0.964. The molecule has 0 aromatic carbocycles. The fraction of sp³-hybridized carbons (Fsp3) is 0.750. The molecular weight excluding hydrogens is 316 g/mol. The van der Waals surface area contributed by atoms with Crippen molar-refractivity contribution in [3.05, 3.63) is 16.1 Å². The maximum absolute atomic E-state index is 12.4. The Bertz CT molecular complexity index is 581. The van der Waals surface area contributed by atoms with Gasteiger partial charge in [0, 0.05) is 25.9 Å². The Morgan fingerprint density at radius 2 is 1.83 bits per heavy atom. The number of rotatable bonds is 2. The molecular formula is C16H22N2O4S. The molecule has 0 unspecified atom stereocenters. The van der Waals surface area contributed by atoms with Gasteiger partial charge >= 0.3 is 0 Å². The Kier molecular flexibility index (Phi) is 3.91. The van der Waals surface area contributed by atoms with Crippen LogP contribution in [0.3, 0.4) is 0 Å². The molecule has 3 fully saturated rings.